The van der Waals surface area contributed by atoms with Crippen molar-refractivity contribution < 1.29 is 4.74 Å². The molecule has 4 heteroatoms. The minimum Gasteiger partial charge on any atom is -0.383 e. The second-order valence-electron chi connectivity index (χ2n) is 4.16. The van der Waals surface area contributed by atoms with Crippen LogP contribution in [0.2, 0.25) is 0 Å². The molecular weight excluding hydrogens is 226 g/mol. The number of aromatic nitrogens is 2. The van der Waals surface area contributed by atoms with E-state index in [4.69, 9.17) is 4.74 Å². The van der Waals surface area contributed by atoms with Crippen molar-refractivity contribution in [2.45, 2.75) is 13.1 Å². The van der Waals surface area contributed by atoms with Crippen LogP contribution >= 0.6 is 0 Å². The zero-order valence-corrected chi connectivity index (χ0v) is 10.7. The molecule has 2 heterocycles. The molecule has 0 aliphatic heterocycles. The molecular formula is C14H19N3O. The number of nitrogens with one attached hydrogen (secondary N) is 1. The molecule has 0 bridgehead atoms. The van der Waals surface area contributed by atoms with E-state index in [1.807, 2.05) is 12.3 Å². The van der Waals surface area contributed by atoms with Crippen LogP contribution in [0.4, 0.5) is 0 Å². The van der Waals surface area contributed by atoms with Gasteiger partial charge in [-0.25, -0.2) is 0 Å². The molecule has 0 aromatic carbocycles. The van der Waals surface area contributed by atoms with Gasteiger partial charge in [0.15, 0.2) is 0 Å². The Morgan fingerprint density at radius 3 is 3.06 bits per heavy atom. The standard InChI is InChI=1S/C14H19N3O/c1-18-9-7-16-11-14-5-3-8-17(14)12-13-4-2-6-15-10-13/h2-6,8,10,16H,7,9,11-12H2,1H3. The highest BCUT2D eigenvalue weighted by atomic mass is 16.5. The van der Waals surface area contributed by atoms with E-state index < -0.39 is 0 Å². The minimum absolute atomic E-state index is 0.739. The maximum Gasteiger partial charge on any atom is 0.0587 e. The van der Waals surface area contributed by atoms with Gasteiger partial charge in [-0.1, -0.05) is 6.07 Å². The van der Waals surface area contributed by atoms with Gasteiger partial charge in [-0.15, -0.1) is 0 Å². The monoisotopic (exact) mass is 245 g/mol. The van der Waals surface area contributed by atoms with Gasteiger partial charge in [0.25, 0.3) is 0 Å². The molecule has 0 unspecified atom stereocenters. The Hall–Kier alpha value is -1.65. The predicted octanol–water partition coefficient (Wildman–Crippen LogP) is 1.67. The van der Waals surface area contributed by atoms with E-state index in [2.05, 4.69) is 39.3 Å². The molecule has 0 fully saturated rings. The summed E-state index contributed by atoms with van der Waals surface area (Å²) in [6, 6.07) is 8.27. The molecule has 0 saturated heterocycles. The highest BCUT2D eigenvalue weighted by molar-refractivity contribution is 5.14. The molecule has 0 saturated carbocycles. The van der Waals surface area contributed by atoms with Gasteiger partial charge in [-0.05, 0) is 23.8 Å². The number of ether oxygens (including phenoxy) is 1. The lowest BCUT2D eigenvalue weighted by Gasteiger charge is -2.10. The van der Waals surface area contributed by atoms with Crippen LogP contribution in [0.15, 0.2) is 42.9 Å². The quantitative estimate of drug-likeness (QED) is 0.754. The van der Waals surface area contributed by atoms with Gasteiger partial charge >= 0.3 is 0 Å². The third-order valence-electron chi connectivity index (χ3n) is 2.79. The molecule has 2 rings (SSSR count). The van der Waals surface area contributed by atoms with Crippen molar-refractivity contribution in [2.24, 2.45) is 0 Å². The molecule has 2 aromatic heterocycles. The number of nitrogens with zero attached hydrogens (tertiary/aromatic N) is 2. The first-order chi connectivity index (χ1) is 8.90. The molecule has 2 aromatic rings. The molecule has 96 valence electrons. The van der Waals surface area contributed by atoms with Gasteiger partial charge in [0.05, 0.1) is 6.61 Å². The number of hydrogen-bond donors (Lipinski definition) is 1. The van der Waals surface area contributed by atoms with Gasteiger partial charge in [0.1, 0.15) is 0 Å². The maximum absolute atomic E-state index is 5.01. The number of methoxy groups -OCH3 is 1. The van der Waals surface area contributed by atoms with Crippen LogP contribution < -0.4 is 5.32 Å². The number of hydrogen-bond acceptors (Lipinski definition) is 3. The molecule has 0 amide bonds. The topological polar surface area (TPSA) is 39.1 Å². The molecule has 0 aliphatic carbocycles. The summed E-state index contributed by atoms with van der Waals surface area (Å²) in [6.45, 7) is 3.33. The zero-order chi connectivity index (χ0) is 12.6. The van der Waals surface area contributed by atoms with Crippen LogP contribution in [0.1, 0.15) is 11.3 Å². The first-order valence-electron chi connectivity index (χ1n) is 6.12. The summed E-state index contributed by atoms with van der Waals surface area (Å²) < 4.78 is 7.24. The summed E-state index contributed by atoms with van der Waals surface area (Å²) >= 11 is 0. The van der Waals surface area contributed by atoms with Crippen molar-refractivity contribution in [2.75, 3.05) is 20.3 Å². The summed E-state index contributed by atoms with van der Waals surface area (Å²) in [5, 5.41) is 3.35. The molecule has 1 N–H and O–H groups in total. The van der Waals surface area contributed by atoms with Crippen molar-refractivity contribution in [3.8, 4) is 0 Å². The summed E-state index contributed by atoms with van der Waals surface area (Å²) in [5.74, 6) is 0. The van der Waals surface area contributed by atoms with Crippen molar-refractivity contribution in [3.05, 3.63) is 54.1 Å². The second kappa shape index (κ2) is 6.93. The predicted molar refractivity (Wildman–Crippen MR) is 71.4 cm³/mol. The molecule has 0 radical (unpaired) electrons. The Labute approximate surface area is 108 Å². The Morgan fingerprint density at radius 2 is 2.28 bits per heavy atom. The fraction of sp³-hybridized carbons (Fsp3) is 0.357. The first-order valence-corrected chi connectivity index (χ1v) is 6.12. The fourth-order valence-corrected chi connectivity index (χ4v) is 1.84. The van der Waals surface area contributed by atoms with Gasteiger partial charge in [0, 0.05) is 51.0 Å². The smallest absolute Gasteiger partial charge is 0.0587 e. The van der Waals surface area contributed by atoms with E-state index in [0.29, 0.717) is 0 Å². The average molecular weight is 245 g/mol. The summed E-state index contributed by atoms with van der Waals surface area (Å²) in [6.07, 6.45) is 5.80. The summed E-state index contributed by atoms with van der Waals surface area (Å²) in [4.78, 5) is 4.14. The number of rotatable bonds is 7. The molecule has 0 aliphatic rings. The van der Waals surface area contributed by atoms with E-state index >= 15 is 0 Å². The van der Waals surface area contributed by atoms with Gasteiger partial charge in [0.2, 0.25) is 0 Å². The van der Waals surface area contributed by atoms with E-state index in [0.717, 1.165) is 26.2 Å². The average Bonchev–Trinajstić information content (AvgIpc) is 2.83. The third kappa shape index (κ3) is 3.68. The molecule has 0 atom stereocenters. The van der Waals surface area contributed by atoms with Gasteiger partial charge < -0.3 is 14.6 Å². The number of pyridine rings is 1. The lowest BCUT2D eigenvalue weighted by Crippen LogP contribution is -2.20. The van der Waals surface area contributed by atoms with E-state index in [1.54, 1.807) is 13.3 Å². The zero-order valence-electron chi connectivity index (χ0n) is 10.7. The Morgan fingerprint density at radius 1 is 1.33 bits per heavy atom. The second-order valence-corrected chi connectivity index (χ2v) is 4.16. The van der Waals surface area contributed by atoms with Crippen LogP contribution in [-0.4, -0.2) is 29.8 Å². The van der Waals surface area contributed by atoms with Crippen LogP contribution in [0.25, 0.3) is 0 Å². The lowest BCUT2D eigenvalue weighted by atomic mass is 10.3. The minimum atomic E-state index is 0.739. The molecule has 4 nitrogen and oxygen atoms in total. The van der Waals surface area contributed by atoms with E-state index in [1.165, 1.54) is 11.3 Å². The lowest BCUT2D eigenvalue weighted by molar-refractivity contribution is 0.199. The molecule has 0 spiro atoms. The highest BCUT2D eigenvalue weighted by Crippen LogP contribution is 2.06. The Balaban J connectivity index is 1.91. The van der Waals surface area contributed by atoms with Gasteiger partial charge in [-0.2, -0.15) is 0 Å². The molecule has 18 heavy (non-hydrogen) atoms. The van der Waals surface area contributed by atoms with Crippen LogP contribution in [0.3, 0.4) is 0 Å². The summed E-state index contributed by atoms with van der Waals surface area (Å²) in [7, 11) is 1.72. The van der Waals surface area contributed by atoms with Gasteiger partial charge in [-0.3, -0.25) is 4.98 Å². The normalized spacial score (nSPS) is 10.7. The van der Waals surface area contributed by atoms with E-state index in [9.17, 15) is 0 Å². The van der Waals surface area contributed by atoms with Crippen LogP contribution in [0.5, 0.6) is 0 Å². The van der Waals surface area contributed by atoms with Crippen LogP contribution in [0, 0.1) is 0 Å². The van der Waals surface area contributed by atoms with Crippen molar-refractivity contribution in [1.29, 1.82) is 0 Å². The Kier molecular flexibility index (Phi) is 4.93. The van der Waals surface area contributed by atoms with E-state index in [-0.39, 0.29) is 0 Å². The van der Waals surface area contributed by atoms with Crippen molar-refractivity contribution >= 4 is 0 Å². The first kappa shape index (κ1) is 12.8. The Bertz CT molecular complexity index is 453. The third-order valence-corrected chi connectivity index (χ3v) is 2.79. The van der Waals surface area contributed by atoms with Crippen LogP contribution in [-0.2, 0) is 17.8 Å². The fourth-order valence-electron chi connectivity index (χ4n) is 1.84. The highest BCUT2D eigenvalue weighted by Gasteiger charge is 2.01. The summed E-state index contributed by atoms with van der Waals surface area (Å²) in [5.41, 5.74) is 2.49. The SMILES string of the molecule is COCCNCc1cccn1Cc1cccnc1. The van der Waals surface area contributed by atoms with Crippen molar-refractivity contribution in [1.82, 2.24) is 14.9 Å². The van der Waals surface area contributed by atoms with Crippen molar-refractivity contribution in [3.63, 3.8) is 0 Å². The largest absolute Gasteiger partial charge is 0.383 e. The maximum atomic E-state index is 5.01.